The van der Waals surface area contributed by atoms with Gasteiger partial charge in [0.1, 0.15) is 0 Å². The Bertz CT molecular complexity index is 402. The lowest BCUT2D eigenvalue weighted by Gasteiger charge is -2.43. The van der Waals surface area contributed by atoms with Gasteiger partial charge in [-0.3, -0.25) is 9.88 Å². The van der Waals surface area contributed by atoms with Crippen molar-refractivity contribution in [1.82, 2.24) is 15.2 Å². The lowest BCUT2D eigenvalue weighted by Crippen LogP contribution is -2.58. The largest absolute Gasteiger partial charge is 0.311 e. The topological polar surface area (TPSA) is 28.2 Å². The molecule has 0 radical (unpaired) electrons. The minimum atomic E-state index is 0.647. The molecule has 0 spiro atoms. The summed E-state index contributed by atoms with van der Waals surface area (Å²) in [5.74, 6) is 1.46. The van der Waals surface area contributed by atoms with Crippen LogP contribution >= 0.6 is 0 Å². The number of nitrogens with zero attached hydrogens (tertiary/aromatic N) is 2. The highest BCUT2D eigenvalue weighted by Crippen LogP contribution is 2.18. The highest BCUT2D eigenvalue weighted by Gasteiger charge is 2.29. The Kier molecular flexibility index (Phi) is 6.19. The maximum Gasteiger partial charge on any atom is 0.0300 e. The van der Waals surface area contributed by atoms with Gasteiger partial charge in [0.25, 0.3) is 0 Å². The van der Waals surface area contributed by atoms with Crippen LogP contribution < -0.4 is 5.32 Å². The van der Waals surface area contributed by atoms with Crippen LogP contribution in [0.15, 0.2) is 24.5 Å². The third-order valence-corrected chi connectivity index (χ3v) is 4.48. The van der Waals surface area contributed by atoms with E-state index in [0.717, 1.165) is 25.4 Å². The Hall–Kier alpha value is -0.930. The number of rotatable bonds is 6. The van der Waals surface area contributed by atoms with Gasteiger partial charge in [-0.25, -0.2) is 0 Å². The third kappa shape index (κ3) is 5.08. The van der Waals surface area contributed by atoms with Crippen LogP contribution in [-0.2, 0) is 6.42 Å². The molecule has 118 valence electrons. The first-order chi connectivity index (χ1) is 10.1. The average Bonchev–Trinajstić information content (AvgIpc) is 2.45. The second kappa shape index (κ2) is 7.90. The minimum absolute atomic E-state index is 0.647. The SMILES string of the molecule is CC(C)CC1CN(CCc2cccnc2)C(C(C)C)CN1. The first-order valence-corrected chi connectivity index (χ1v) is 8.42. The Morgan fingerprint density at radius 3 is 2.76 bits per heavy atom. The van der Waals surface area contributed by atoms with Gasteiger partial charge in [-0.05, 0) is 36.3 Å². The van der Waals surface area contributed by atoms with Gasteiger partial charge < -0.3 is 5.32 Å². The fraction of sp³-hybridized carbons (Fsp3) is 0.722. The zero-order valence-corrected chi connectivity index (χ0v) is 14.0. The van der Waals surface area contributed by atoms with Gasteiger partial charge in [-0.2, -0.15) is 0 Å². The maximum atomic E-state index is 4.23. The maximum absolute atomic E-state index is 4.23. The van der Waals surface area contributed by atoms with Crippen molar-refractivity contribution in [2.45, 2.75) is 52.6 Å². The Labute approximate surface area is 130 Å². The number of pyridine rings is 1. The van der Waals surface area contributed by atoms with Crippen LogP contribution in [0.2, 0.25) is 0 Å². The van der Waals surface area contributed by atoms with Gasteiger partial charge >= 0.3 is 0 Å². The Morgan fingerprint density at radius 1 is 1.33 bits per heavy atom. The number of nitrogens with one attached hydrogen (secondary N) is 1. The quantitative estimate of drug-likeness (QED) is 0.872. The summed E-state index contributed by atoms with van der Waals surface area (Å²) in [5, 5.41) is 3.76. The van der Waals surface area contributed by atoms with Crippen LogP contribution in [0.4, 0.5) is 0 Å². The van der Waals surface area contributed by atoms with Gasteiger partial charge in [0, 0.05) is 44.1 Å². The molecule has 0 amide bonds. The highest BCUT2D eigenvalue weighted by atomic mass is 15.2. The summed E-state index contributed by atoms with van der Waals surface area (Å²) in [6, 6.07) is 5.53. The van der Waals surface area contributed by atoms with Crippen molar-refractivity contribution in [2.75, 3.05) is 19.6 Å². The number of piperazine rings is 1. The lowest BCUT2D eigenvalue weighted by molar-refractivity contribution is 0.0934. The second-order valence-electron chi connectivity index (χ2n) is 7.15. The summed E-state index contributed by atoms with van der Waals surface area (Å²) >= 11 is 0. The molecule has 0 aliphatic carbocycles. The van der Waals surface area contributed by atoms with Gasteiger partial charge in [0.15, 0.2) is 0 Å². The van der Waals surface area contributed by atoms with Crippen LogP contribution in [0, 0.1) is 11.8 Å². The molecular weight excluding hydrogens is 258 g/mol. The van der Waals surface area contributed by atoms with Crippen LogP contribution in [0.1, 0.15) is 39.7 Å². The van der Waals surface area contributed by atoms with E-state index < -0.39 is 0 Å². The van der Waals surface area contributed by atoms with Crippen molar-refractivity contribution < 1.29 is 0 Å². The van der Waals surface area contributed by atoms with E-state index in [1.807, 2.05) is 18.5 Å². The molecule has 2 heterocycles. The van der Waals surface area contributed by atoms with Crippen LogP contribution in [0.25, 0.3) is 0 Å². The van der Waals surface area contributed by atoms with Crippen molar-refractivity contribution in [2.24, 2.45) is 11.8 Å². The van der Waals surface area contributed by atoms with Crippen LogP contribution in [0.3, 0.4) is 0 Å². The summed E-state index contributed by atoms with van der Waals surface area (Å²) in [5.41, 5.74) is 1.35. The molecule has 1 aromatic rings. The lowest BCUT2D eigenvalue weighted by atomic mass is 9.94. The van der Waals surface area contributed by atoms with E-state index in [-0.39, 0.29) is 0 Å². The fourth-order valence-corrected chi connectivity index (χ4v) is 3.36. The third-order valence-electron chi connectivity index (χ3n) is 4.48. The zero-order chi connectivity index (χ0) is 15.2. The first kappa shape index (κ1) is 16.4. The summed E-state index contributed by atoms with van der Waals surface area (Å²) in [6.07, 6.45) is 6.22. The van der Waals surface area contributed by atoms with Crippen molar-refractivity contribution in [3.8, 4) is 0 Å². The minimum Gasteiger partial charge on any atom is -0.311 e. The molecule has 1 N–H and O–H groups in total. The Balaban J connectivity index is 1.93. The molecule has 3 heteroatoms. The molecule has 1 aliphatic rings. The molecule has 2 rings (SSSR count). The molecule has 1 saturated heterocycles. The number of hydrogen-bond donors (Lipinski definition) is 1. The van der Waals surface area contributed by atoms with E-state index >= 15 is 0 Å². The van der Waals surface area contributed by atoms with Crippen molar-refractivity contribution in [3.05, 3.63) is 30.1 Å². The monoisotopic (exact) mass is 289 g/mol. The van der Waals surface area contributed by atoms with Crippen molar-refractivity contribution >= 4 is 0 Å². The zero-order valence-electron chi connectivity index (χ0n) is 14.0. The summed E-state index contributed by atoms with van der Waals surface area (Å²) in [7, 11) is 0. The average molecular weight is 289 g/mol. The number of aromatic nitrogens is 1. The van der Waals surface area contributed by atoms with Crippen LogP contribution in [-0.4, -0.2) is 41.6 Å². The second-order valence-corrected chi connectivity index (χ2v) is 7.15. The summed E-state index contributed by atoms with van der Waals surface area (Å²) in [6.45, 7) is 12.8. The van der Waals surface area contributed by atoms with Gasteiger partial charge in [0.05, 0.1) is 0 Å². The fourth-order valence-electron chi connectivity index (χ4n) is 3.36. The standard InChI is InChI=1S/C18H31N3/c1-14(2)10-17-13-21(18(12-20-17)15(3)4)9-7-16-6-5-8-19-11-16/h5-6,8,11,14-15,17-18,20H,7,9-10,12-13H2,1-4H3. The van der Waals surface area contributed by atoms with E-state index in [1.54, 1.807) is 0 Å². The molecule has 0 bridgehead atoms. The van der Waals surface area contributed by atoms with Crippen molar-refractivity contribution in [3.63, 3.8) is 0 Å². The van der Waals surface area contributed by atoms with E-state index in [2.05, 4.69) is 49.0 Å². The molecular formula is C18H31N3. The molecule has 1 fully saturated rings. The van der Waals surface area contributed by atoms with E-state index in [1.165, 1.54) is 18.5 Å². The first-order valence-electron chi connectivity index (χ1n) is 8.42. The molecule has 1 aliphatic heterocycles. The molecule has 21 heavy (non-hydrogen) atoms. The predicted molar refractivity (Wildman–Crippen MR) is 89.4 cm³/mol. The van der Waals surface area contributed by atoms with Gasteiger partial charge in [-0.1, -0.05) is 33.8 Å². The molecule has 3 nitrogen and oxygen atoms in total. The molecule has 2 unspecified atom stereocenters. The highest BCUT2D eigenvalue weighted by molar-refractivity contribution is 5.09. The van der Waals surface area contributed by atoms with Crippen LogP contribution in [0.5, 0.6) is 0 Å². The van der Waals surface area contributed by atoms with Gasteiger partial charge in [0.2, 0.25) is 0 Å². The van der Waals surface area contributed by atoms with Crippen molar-refractivity contribution in [1.29, 1.82) is 0 Å². The van der Waals surface area contributed by atoms with E-state index in [4.69, 9.17) is 0 Å². The van der Waals surface area contributed by atoms with E-state index in [9.17, 15) is 0 Å². The number of hydrogen-bond acceptors (Lipinski definition) is 3. The molecule has 0 aromatic carbocycles. The van der Waals surface area contributed by atoms with Gasteiger partial charge in [-0.15, -0.1) is 0 Å². The predicted octanol–water partition coefficient (Wildman–Crippen LogP) is 2.97. The smallest absolute Gasteiger partial charge is 0.0300 e. The van der Waals surface area contributed by atoms with E-state index in [0.29, 0.717) is 18.0 Å². The molecule has 2 atom stereocenters. The molecule has 0 saturated carbocycles. The summed E-state index contributed by atoms with van der Waals surface area (Å²) < 4.78 is 0. The molecule has 1 aromatic heterocycles. The normalized spacial score (nSPS) is 23.9. The summed E-state index contributed by atoms with van der Waals surface area (Å²) in [4.78, 5) is 6.92. The Morgan fingerprint density at radius 2 is 2.14 bits per heavy atom.